The van der Waals surface area contributed by atoms with Gasteiger partial charge >= 0.3 is 0 Å². The third-order valence-electron chi connectivity index (χ3n) is 4.91. The van der Waals surface area contributed by atoms with Crippen LogP contribution in [0.25, 0.3) is 11.3 Å². The van der Waals surface area contributed by atoms with Crippen LogP contribution in [0, 0.1) is 6.92 Å². The van der Waals surface area contributed by atoms with Crippen LogP contribution in [-0.4, -0.2) is 41.5 Å². The van der Waals surface area contributed by atoms with Gasteiger partial charge in [0.2, 0.25) is 0 Å². The number of hydrogen-bond acceptors (Lipinski definition) is 4. The van der Waals surface area contributed by atoms with Crippen LogP contribution in [0.15, 0.2) is 30.5 Å². The van der Waals surface area contributed by atoms with Crippen LogP contribution in [0.3, 0.4) is 0 Å². The zero-order chi connectivity index (χ0) is 16.4. The van der Waals surface area contributed by atoms with Crippen LogP contribution < -0.4 is 5.32 Å². The third kappa shape index (κ3) is 3.53. The quantitative estimate of drug-likeness (QED) is 0.937. The lowest BCUT2D eigenvalue weighted by molar-refractivity contribution is -0.00218. The first-order valence-corrected chi connectivity index (χ1v) is 8.84. The molecule has 2 aliphatic rings. The summed E-state index contributed by atoms with van der Waals surface area (Å²) in [5, 5.41) is 3.63. The molecule has 0 amide bonds. The highest BCUT2D eigenvalue weighted by Gasteiger charge is 2.22. The molecule has 4 rings (SSSR count). The second-order valence-electron chi connectivity index (χ2n) is 6.79. The topological polar surface area (TPSA) is 48.3 Å². The summed E-state index contributed by atoms with van der Waals surface area (Å²) in [5.74, 6) is 1.02. The van der Waals surface area contributed by atoms with E-state index in [4.69, 9.17) is 14.5 Å². The molecule has 0 radical (unpaired) electrons. The zero-order valence-electron chi connectivity index (χ0n) is 14.2. The van der Waals surface area contributed by atoms with E-state index >= 15 is 0 Å². The van der Waals surface area contributed by atoms with E-state index in [-0.39, 0.29) is 6.10 Å². The van der Waals surface area contributed by atoms with Crippen LogP contribution >= 0.6 is 0 Å². The number of rotatable bonds is 4. The Balaban J connectivity index is 1.38. The molecule has 1 fully saturated rings. The Bertz CT molecular complexity index is 674. The summed E-state index contributed by atoms with van der Waals surface area (Å²) in [5.41, 5.74) is 3.47. The first-order valence-electron chi connectivity index (χ1n) is 8.84. The first kappa shape index (κ1) is 15.8. The number of nitrogens with one attached hydrogen (secondary N) is 1. The number of aromatic nitrogens is 2. The predicted molar refractivity (Wildman–Crippen MR) is 92.8 cm³/mol. The molecule has 0 saturated carbocycles. The van der Waals surface area contributed by atoms with Crippen molar-refractivity contribution in [3.05, 3.63) is 41.9 Å². The van der Waals surface area contributed by atoms with Crippen molar-refractivity contribution in [1.29, 1.82) is 0 Å². The van der Waals surface area contributed by atoms with Gasteiger partial charge in [-0.15, -0.1) is 0 Å². The highest BCUT2D eigenvalue weighted by Crippen LogP contribution is 2.22. The van der Waals surface area contributed by atoms with Crippen molar-refractivity contribution in [2.45, 2.75) is 45.1 Å². The van der Waals surface area contributed by atoms with E-state index in [1.165, 1.54) is 11.1 Å². The van der Waals surface area contributed by atoms with Gasteiger partial charge in [0.25, 0.3) is 0 Å². The summed E-state index contributed by atoms with van der Waals surface area (Å²) < 4.78 is 13.6. The maximum absolute atomic E-state index is 5.99. The van der Waals surface area contributed by atoms with E-state index in [9.17, 15) is 0 Å². The van der Waals surface area contributed by atoms with Crippen LogP contribution in [0.2, 0.25) is 0 Å². The molecular weight excluding hydrogens is 302 g/mol. The summed E-state index contributed by atoms with van der Waals surface area (Å²) in [6.45, 7) is 6.19. The Morgan fingerprint density at radius 1 is 1.21 bits per heavy atom. The molecule has 5 heteroatoms. The predicted octanol–water partition coefficient (Wildman–Crippen LogP) is 2.53. The summed E-state index contributed by atoms with van der Waals surface area (Å²) in [4.78, 5) is 4.74. The van der Waals surface area contributed by atoms with Crippen LogP contribution in [0.5, 0.6) is 0 Å². The summed E-state index contributed by atoms with van der Waals surface area (Å²) in [6.07, 6.45) is 4.56. The van der Waals surface area contributed by atoms with Crippen LogP contribution in [-0.2, 0) is 22.6 Å². The lowest BCUT2D eigenvalue weighted by atomic mass is 10.1. The number of ether oxygens (including phenoxy) is 2. The van der Waals surface area contributed by atoms with Gasteiger partial charge < -0.3 is 19.4 Å². The van der Waals surface area contributed by atoms with Gasteiger partial charge in [0.1, 0.15) is 12.4 Å². The van der Waals surface area contributed by atoms with Gasteiger partial charge in [-0.25, -0.2) is 4.98 Å². The molecule has 1 N–H and O–H groups in total. The maximum Gasteiger partial charge on any atom is 0.135 e. The smallest absolute Gasteiger partial charge is 0.135 e. The van der Waals surface area contributed by atoms with Crippen LogP contribution in [0.4, 0.5) is 0 Å². The maximum atomic E-state index is 5.99. The van der Waals surface area contributed by atoms with Gasteiger partial charge in [0.15, 0.2) is 0 Å². The fourth-order valence-corrected chi connectivity index (χ4v) is 3.38. The number of hydrogen-bond donors (Lipinski definition) is 1. The van der Waals surface area contributed by atoms with Gasteiger partial charge in [-0.2, -0.15) is 0 Å². The highest BCUT2D eigenvalue weighted by molar-refractivity contribution is 5.59. The second kappa shape index (κ2) is 7.05. The van der Waals surface area contributed by atoms with E-state index in [0.717, 1.165) is 50.7 Å². The molecule has 1 unspecified atom stereocenters. The Hall–Kier alpha value is -1.69. The molecule has 1 atom stereocenters. The van der Waals surface area contributed by atoms with E-state index in [2.05, 4.69) is 47.3 Å². The molecule has 0 aliphatic carbocycles. The summed E-state index contributed by atoms with van der Waals surface area (Å²) >= 11 is 0. The van der Waals surface area contributed by atoms with Crippen molar-refractivity contribution in [2.75, 3.05) is 19.8 Å². The molecule has 1 aromatic heterocycles. The minimum absolute atomic E-state index is 0.209. The average Bonchev–Trinajstić information content (AvgIpc) is 3.05. The number of fused-ring (bicyclic) bond motifs is 1. The zero-order valence-corrected chi connectivity index (χ0v) is 14.2. The number of imidazole rings is 1. The number of benzene rings is 1. The average molecular weight is 327 g/mol. The monoisotopic (exact) mass is 327 g/mol. The number of aryl methyl sites for hydroxylation is 1. The van der Waals surface area contributed by atoms with Crippen molar-refractivity contribution < 1.29 is 9.47 Å². The molecule has 1 aromatic carbocycles. The van der Waals surface area contributed by atoms with E-state index in [0.29, 0.717) is 12.6 Å². The van der Waals surface area contributed by atoms with Gasteiger partial charge in [-0.05, 0) is 19.8 Å². The summed E-state index contributed by atoms with van der Waals surface area (Å²) in [6, 6.07) is 9.09. The molecule has 3 heterocycles. The molecule has 2 aromatic rings. The molecular formula is C19H25N3O2. The largest absolute Gasteiger partial charge is 0.381 e. The minimum atomic E-state index is 0.209. The van der Waals surface area contributed by atoms with Gasteiger partial charge in [-0.1, -0.05) is 29.8 Å². The van der Waals surface area contributed by atoms with Crippen molar-refractivity contribution in [3.63, 3.8) is 0 Å². The van der Waals surface area contributed by atoms with Crippen molar-refractivity contribution in [1.82, 2.24) is 14.9 Å². The highest BCUT2D eigenvalue weighted by atomic mass is 16.5. The van der Waals surface area contributed by atoms with Gasteiger partial charge in [-0.3, -0.25) is 0 Å². The molecule has 0 bridgehead atoms. The molecule has 24 heavy (non-hydrogen) atoms. The van der Waals surface area contributed by atoms with Crippen molar-refractivity contribution in [2.24, 2.45) is 0 Å². The van der Waals surface area contributed by atoms with E-state index in [1.54, 1.807) is 0 Å². The molecule has 5 nitrogen and oxygen atoms in total. The normalized spacial score (nSPS) is 21.6. The van der Waals surface area contributed by atoms with Gasteiger partial charge in [0, 0.05) is 37.6 Å². The lowest BCUT2D eigenvalue weighted by Crippen LogP contribution is -2.42. The Morgan fingerprint density at radius 3 is 2.79 bits per heavy atom. The van der Waals surface area contributed by atoms with E-state index < -0.39 is 0 Å². The fraction of sp³-hybridized carbons (Fsp3) is 0.526. The van der Waals surface area contributed by atoms with E-state index in [1.807, 2.05) is 0 Å². The Labute approximate surface area is 143 Å². The molecule has 2 aliphatic heterocycles. The molecule has 0 spiro atoms. The van der Waals surface area contributed by atoms with Gasteiger partial charge in [0.05, 0.1) is 18.3 Å². The number of nitrogens with zero attached hydrogens (tertiary/aromatic N) is 2. The van der Waals surface area contributed by atoms with Crippen LogP contribution in [0.1, 0.15) is 24.2 Å². The Kier molecular flexibility index (Phi) is 4.65. The van der Waals surface area contributed by atoms with Crippen molar-refractivity contribution >= 4 is 0 Å². The molecule has 128 valence electrons. The standard InChI is InChI=1S/C19H25N3O2/c1-14-2-4-15(5-3-14)18-12-22-11-17(24-13-19(22)21-18)10-20-16-6-8-23-9-7-16/h2-5,12,16-17,20H,6-11,13H2,1H3. The second-order valence-corrected chi connectivity index (χ2v) is 6.79. The first-order chi connectivity index (χ1) is 11.8. The SMILES string of the molecule is Cc1ccc(-c2cn3c(n2)COC(CNC2CCOCC2)C3)cc1. The summed E-state index contributed by atoms with van der Waals surface area (Å²) in [7, 11) is 0. The minimum Gasteiger partial charge on any atom is -0.381 e. The fourth-order valence-electron chi connectivity index (χ4n) is 3.38. The third-order valence-corrected chi connectivity index (χ3v) is 4.91. The molecule has 1 saturated heterocycles. The Morgan fingerprint density at radius 2 is 2.00 bits per heavy atom. The van der Waals surface area contributed by atoms with Crippen molar-refractivity contribution in [3.8, 4) is 11.3 Å². The lowest BCUT2D eigenvalue weighted by Gasteiger charge is -2.28.